The second-order valence-corrected chi connectivity index (χ2v) is 3.70. The Bertz CT molecular complexity index is 504. The summed E-state index contributed by atoms with van der Waals surface area (Å²) in [7, 11) is 0. The molecule has 0 aliphatic heterocycles. The maximum atomic E-state index is 11.5. The predicted octanol–water partition coefficient (Wildman–Crippen LogP) is 3.28. The SMILES string of the molecule is N=C(Nc1ccccc1)OC(=O)Nc1ccccc1. The number of para-hydroxylation sites is 2. The van der Waals surface area contributed by atoms with Gasteiger partial charge in [0.05, 0.1) is 0 Å². The minimum atomic E-state index is -0.709. The molecule has 2 rings (SSSR count). The standard InChI is InChI=1S/C14H13N3O2/c15-13(16-11-7-3-1-4-8-11)19-14(18)17-12-9-5-2-6-10-12/h1-10H,(H2,15,16)(H,17,18). The van der Waals surface area contributed by atoms with Crippen molar-refractivity contribution in [2.24, 2.45) is 0 Å². The van der Waals surface area contributed by atoms with Crippen LogP contribution in [0.5, 0.6) is 0 Å². The van der Waals surface area contributed by atoms with Crippen LogP contribution in [0.2, 0.25) is 0 Å². The molecule has 3 N–H and O–H groups in total. The number of benzene rings is 2. The molecule has 0 aromatic heterocycles. The zero-order valence-electron chi connectivity index (χ0n) is 10.1. The summed E-state index contributed by atoms with van der Waals surface area (Å²) in [6.45, 7) is 0. The van der Waals surface area contributed by atoms with E-state index in [0.29, 0.717) is 11.4 Å². The number of carbonyl (C=O) groups is 1. The van der Waals surface area contributed by atoms with Gasteiger partial charge in [-0.05, 0) is 24.3 Å². The summed E-state index contributed by atoms with van der Waals surface area (Å²) in [5.74, 6) is 0. The van der Waals surface area contributed by atoms with E-state index < -0.39 is 6.09 Å². The average Bonchev–Trinajstić information content (AvgIpc) is 2.40. The Morgan fingerprint density at radius 3 is 1.84 bits per heavy atom. The highest BCUT2D eigenvalue weighted by Crippen LogP contribution is 2.07. The number of nitrogens with one attached hydrogen (secondary N) is 3. The van der Waals surface area contributed by atoms with Crippen LogP contribution in [0.1, 0.15) is 0 Å². The summed E-state index contributed by atoms with van der Waals surface area (Å²) in [4.78, 5) is 11.5. The minimum absolute atomic E-state index is 0.334. The van der Waals surface area contributed by atoms with Gasteiger partial charge in [-0.2, -0.15) is 0 Å². The molecular formula is C14H13N3O2. The topological polar surface area (TPSA) is 74.2 Å². The Morgan fingerprint density at radius 1 is 0.842 bits per heavy atom. The van der Waals surface area contributed by atoms with Crippen molar-refractivity contribution in [2.75, 3.05) is 10.6 Å². The monoisotopic (exact) mass is 255 g/mol. The van der Waals surface area contributed by atoms with Gasteiger partial charge >= 0.3 is 6.09 Å². The molecule has 0 aliphatic rings. The third-order valence-electron chi connectivity index (χ3n) is 2.25. The lowest BCUT2D eigenvalue weighted by Crippen LogP contribution is -2.23. The highest BCUT2D eigenvalue weighted by molar-refractivity contribution is 5.98. The van der Waals surface area contributed by atoms with Gasteiger partial charge in [0.25, 0.3) is 6.02 Å². The first-order valence-electron chi connectivity index (χ1n) is 5.68. The van der Waals surface area contributed by atoms with Crippen LogP contribution in [0.15, 0.2) is 60.7 Å². The highest BCUT2D eigenvalue weighted by atomic mass is 16.6. The minimum Gasteiger partial charge on any atom is -0.376 e. The first-order chi connectivity index (χ1) is 9.24. The van der Waals surface area contributed by atoms with Crippen molar-refractivity contribution in [2.45, 2.75) is 0 Å². The van der Waals surface area contributed by atoms with Crippen LogP contribution in [0, 0.1) is 5.41 Å². The fraction of sp³-hybridized carbons (Fsp3) is 0. The molecule has 0 spiro atoms. The number of rotatable bonds is 2. The molecule has 2 aromatic carbocycles. The fourth-order valence-electron chi connectivity index (χ4n) is 1.44. The molecule has 2 aromatic rings. The van der Waals surface area contributed by atoms with E-state index >= 15 is 0 Å². The summed E-state index contributed by atoms with van der Waals surface area (Å²) in [6, 6.07) is 17.6. The molecule has 0 radical (unpaired) electrons. The van der Waals surface area contributed by atoms with Crippen LogP contribution in [-0.4, -0.2) is 12.1 Å². The molecule has 1 amide bonds. The third kappa shape index (κ3) is 4.16. The van der Waals surface area contributed by atoms with E-state index in [1.54, 1.807) is 36.4 Å². The number of anilines is 2. The van der Waals surface area contributed by atoms with Gasteiger partial charge in [-0.15, -0.1) is 0 Å². The van der Waals surface area contributed by atoms with Gasteiger partial charge in [0.1, 0.15) is 0 Å². The largest absolute Gasteiger partial charge is 0.419 e. The molecule has 96 valence electrons. The first-order valence-corrected chi connectivity index (χ1v) is 5.68. The van der Waals surface area contributed by atoms with Crippen LogP contribution < -0.4 is 10.6 Å². The van der Waals surface area contributed by atoms with E-state index in [2.05, 4.69) is 10.6 Å². The van der Waals surface area contributed by atoms with Gasteiger partial charge in [-0.3, -0.25) is 10.7 Å². The zero-order chi connectivity index (χ0) is 13.5. The Labute approximate surface area is 110 Å². The van der Waals surface area contributed by atoms with Crippen LogP contribution in [0.25, 0.3) is 0 Å². The molecular weight excluding hydrogens is 242 g/mol. The van der Waals surface area contributed by atoms with E-state index in [1.165, 1.54) is 0 Å². The van der Waals surface area contributed by atoms with Crippen molar-refractivity contribution in [3.05, 3.63) is 60.7 Å². The summed E-state index contributed by atoms with van der Waals surface area (Å²) in [6.07, 6.45) is -0.709. The van der Waals surface area contributed by atoms with Crippen LogP contribution in [0.4, 0.5) is 16.2 Å². The van der Waals surface area contributed by atoms with Crippen LogP contribution in [0.3, 0.4) is 0 Å². The maximum Gasteiger partial charge on any atom is 0.419 e. The van der Waals surface area contributed by atoms with E-state index in [-0.39, 0.29) is 6.02 Å². The molecule has 0 unspecified atom stereocenters. The van der Waals surface area contributed by atoms with Crippen molar-refractivity contribution in [1.82, 2.24) is 0 Å². The lowest BCUT2D eigenvalue weighted by Gasteiger charge is -2.08. The lowest BCUT2D eigenvalue weighted by atomic mass is 10.3. The van der Waals surface area contributed by atoms with Crippen molar-refractivity contribution < 1.29 is 9.53 Å². The molecule has 5 nitrogen and oxygen atoms in total. The van der Waals surface area contributed by atoms with Crippen molar-refractivity contribution in [1.29, 1.82) is 5.41 Å². The summed E-state index contributed by atoms with van der Waals surface area (Å²) < 4.78 is 4.78. The van der Waals surface area contributed by atoms with Gasteiger partial charge < -0.3 is 10.1 Å². The molecule has 0 aliphatic carbocycles. The predicted molar refractivity (Wildman–Crippen MR) is 74.3 cm³/mol. The highest BCUT2D eigenvalue weighted by Gasteiger charge is 2.07. The van der Waals surface area contributed by atoms with E-state index in [9.17, 15) is 4.79 Å². The first kappa shape index (κ1) is 12.6. The van der Waals surface area contributed by atoms with Crippen molar-refractivity contribution in [3.63, 3.8) is 0 Å². The maximum absolute atomic E-state index is 11.5. The Morgan fingerprint density at radius 2 is 1.32 bits per heavy atom. The van der Waals surface area contributed by atoms with Gasteiger partial charge in [-0.1, -0.05) is 36.4 Å². The van der Waals surface area contributed by atoms with E-state index in [0.717, 1.165) is 0 Å². The van der Waals surface area contributed by atoms with E-state index in [1.807, 2.05) is 24.3 Å². The molecule has 0 saturated carbocycles. The number of amidine groups is 1. The number of hydrogen-bond acceptors (Lipinski definition) is 3. The molecule has 0 fully saturated rings. The lowest BCUT2D eigenvalue weighted by molar-refractivity contribution is 0.212. The quantitative estimate of drug-likeness (QED) is 0.569. The second-order valence-electron chi connectivity index (χ2n) is 3.70. The van der Waals surface area contributed by atoms with E-state index in [4.69, 9.17) is 10.1 Å². The van der Waals surface area contributed by atoms with Gasteiger partial charge in [-0.25, -0.2) is 4.79 Å². The summed E-state index contributed by atoms with van der Waals surface area (Å²) in [5, 5.41) is 12.7. The third-order valence-corrected chi connectivity index (χ3v) is 2.25. The molecule has 0 atom stereocenters. The molecule has 0 saturated heterocycles. The van der Waals surface area contributed by atoms with Gasteiger partial charge in [0.2, 0.25) is 0 Å². The molecule has 19 heavy (non-hydrogen) atoms. The molecule has 0 bridgehead atoms. The molecule has 5 heteroatoms. The normalized spacial score (nSPS) is 9.47. The Kier molecular flexibility index (Phi) is 4.12. The number of carbonyl (C=O) groups excluding carboxylic acids is 1. The van der Waals surface area contributed by atoms with Gasteiger partial charge in [0.15, 0.2) is 0 Å². The van der Waals surface area contributed by atoms with Crippen LogP contribution >= 0.6 is 0 Å². The number of ether oxygens (including phenoxy) is 1. The summed E-state index contributed by atoms with van der Waals surface area (Å²) in [5.41, 5.74) is 1.29. The Hall–Kier alpha value is -2.82. The average molecular weight is 255 g/mol. The Balaban J connectivity index is 1.84. The van der Waals surface area contributed by atoms with Crippen molar-refractivity contribution in [3.8, 4) is 0 Å². The summed E-state index contributed by atoms with van der Waals surface area (Å²) >= 11 is 0. The smallest absolute Gasteiger partial charge is 0.376 e. The number of amides is 1. The van der Waals surface area contributed by atoms with Gasteiger partial charge in [0, 0.05) is 11.4 Å². The number of hydrogen-bond donors (Lipinski definition) is 3. The van der Waals surface area contributed by atoms with Crippen molar-refractivity contribution >= 4 is 23.5 Å². The fourth-order valence-corrected chi connectivity index (χ4v) is 1.44. The molecule has 0 heterocycles. The van der Waals surface area contributed by atoms with Crippen LogP contribution in [-0.2, 0) is 4.74 Å². The second kappa shape index (κ2) is 6.20. The zero-order valence-corrected chi connectivity index (χ0v) is 10.1.